The summed E-state index contributed by atoms with van der Waals surface area (Å²) in [5.41, 5.74) is -0.577. The monoisotopic (exact) mass is 722 g/mol. The standard InChI is InChI=1S/C30H29Cl2N4O11P/c1-17(33-25-15-21(5-9-27(25)35(37)38)44-19-7-11-29(42-3)23(31)13-19)46-48(41)47-18(2)34-26-16-22(6-10-28(26)36(39)40)45-20-8-12-30(43-4)24(32)14-20/h5-18,33-34,48H,1-4H3. The van der Waals surface area contributed by atoms with E-state index in [1.165, 1.54) is 76.6 Å². The fourth-order valence-electron chi connectivity index (χ4n) is 4.21. The Morgan fingerprint density at radius 1 is 0.646 bits per heavy atom. The first kappa shape index (κ1) is 36.1. The Bertz CT molecular complexity index is 1700. The highest BCUT2D eigenvalue weighted by atomic mass is 35.5. The number of benzene rings is 4. The molecule has 0 bridgehead atoms. The number of hydrogen-bond donors (Lipinski definition) is 2. The van der Waals surface area contributed by atoms with Crippen molar-refractivity contribution in [3.05, 3.63) is 103 Å². The van der Waals surface area contributed by atoms with Crippen molar-refractivity contribution < 1.29 is 42.4 Å². The first-order chi connectivity index (χ1) is 22.9. The molecule has 0 spiro atoms. The molecule has 0 saturated carbocycles. The van der Waals surface area contributed by atoms with E-state index in [4.69, 9.17) is 51.2 Å². The smallest absolute Gasteiger partial charge is 0.322 e. The van der Waals surface area contributed by atoms with Crippen LogP contribution in [0, 0.1) is 20.2 Å². The Balaban J connectivity index is 1.40. The molecule has 4 rings (SSSR count). The van der Waals surface area contributed by atoms with Crippen LogP contribution in [0.4, 0.5) is 22.7 Å². The number of ether oxygens (including phenoxy) is 4. The number of nitro benzene ring substituents is 2. The molecule has 2 unspecified atom stereocenters. The molecule has 0 fully saturated rings. The van der Waals surface area contributed by atoms with Crippen molar-refractivity contribution in [3.8, 4) is 34.5 Å². The van der Waals surface area contributed by atoms with E-state index in [2.05, 4.69) is 10.6 Å². The zero-order valence-corrected chi connectivity index (χ0v) is 28.2. The van der Waals surface area contributed by atoms with Gasteiger partial charge in [0.2, 0.25) is 0 Å². The van der Waals surface area contributed by atoms with Gasteiger partial charge in [-0.1, -0.05) is 23.2 Å². The third kappa shape index (κ3) is 9.62. The summed E-state index contributed by atoms with van der Waals surface area (Å²) in [7, 11) is -0.318. The second kappa shape index (κ2) is 16.4. The molecule has 48 heavy (non-hydrogen) atoms. The van der Waals surface area contributed by atoms with Gasteiger partial charge in [0.05, 0.1) is 34.1 Å². The van der Waals surface area contributed by atoms with Gasteiger partial charge in [0, 0.05) is 36.4 Å². The van der Waals surface area contributed by atoms with Crippen molar-refractivity contribution in [2.75, 3.05) is 24.9 Å². The number of nitro groups is 2. The third-order valence-corrected chi connectivity index (χ3v) is 7.99. The van der Waals surface area contributed by atoms with E-state index in [-0.39, 0.29) is 34.2 Å². The van der Waals surface area contributed by atoms with Crippen LogP contribution in [0.15, 0.2) is 72.8 Å². The minimum absolute atomic E-state index is 0.0103. The van der Waals surface area contributed by atoms with E-state index in [1.807, 2.05) is 0 Å². The van der Waals surface area contributed by atoms with Crippen LogP contribution < -0.4 is 29.6 Å². The number of nitrogens with one attached hydrogen (secondary N) is 2. The largest absolute Gasteiger partial charge is 0.495 e. The van der Waals surface area contributed by atoms with Crippen molar-refractivity contribution in [1.29, 1.82) is 0 Å². The van der Waals surface area contributed by atoms with E-state index >= 15 is 0 Å². The van der Waals surface area contributed by atoms with Gasteiger partial charge in [-0.2, -0.15) is 0 Å². The van der Waals surface area contributed by atoms with Crippen LogP contribution in [0.25, 0.3) is 0 Å². The van der Waals surface area contributed by atoms with E-state index in [0.717, 1.165) is 0 Å². The Labute approximate surface area is 284 Å². The molecule has 15 nitrogen and oxygen atoms in total. The molecule has 0 aromatic heterocycles. The number of anilines is 2. The molecule has 0 radical (unpaired) electrons. The van der Waals surface area contributed by atoms with Gasteiger partial charge in [-0.25, -0.2) is 0 Å². The van der Waals surface area contributed by atoms with Crippen LogP contribution >= 0.6 is 31.5 Å². The molecule has 0 saturated heterocycles. The molecule has 4 aromatic rings. The minimum Gasteiger partial charge on any atom is -0.495 e. The van der Waals surface area contributed by atoms with Gasteiger partial charge in [-0.15, -0.1) is 0 Å². The highest BCUT2D eigenvalue weighted by molar-refractivity contribution is 7.33. The molecule has 4 aromatic carbocycles. The molecule has 2 N–H and O–H groups in total. The highest BCUT2D eigenvalue weighted by Gasteiger charge is 2.21. The average Bonchev–Trinajstić information content (AvgIpc) is 3.01. The number of methoxy groups -OCH3 is 2. The van der Waals surface area contributed by atoms with Crippen LogP contribution in [0.2, 0.25) is 10.0 Å². The molecule has 0 aliphatic heterocycles. The van der Waals surface area contributed by atoms with Crippen LogP contribution in [0.3, 0.4) is 0 Å². The number of hydrogen-bond acceptors (Lipinski definition) is 13. The van der Waals surface area contributed by atoms with Crippen molar-refractivity contribution in [1.82, 2.24) is 0 Å². The predicted molar refractivity (Wildman–Crippen MR) is 180 cm³/mol. The maximum atomic E-state index is 12.8. The Kier molecular flexibility index (Phi) is 12.3. The fraction of sp³-hybridized carbons (Fsp3) is 0.200. The maximum absolute atomic E-state index is 12.8. The summed E-state index contributed by atoms with van der Waals surface area (Å²) < 4.78 is 45.4. The van der Waals surface area contributed by atoms with Gasteiger partial charge < -0.3 is 29.6 Å². The summed E-state index contributed by atoms with van der Waals surface area (Å²) >= 11 is 12.3. The third-order valence-electron chi connectivity index (χ3n) is 6.31. The van der Waals surface area contributed by atoms with Gasteiger partial charge in [0.25, 0.3) is 11.4 Å². The van der Waals surface area contributed by atoms with Crippen molar-refractivity contribution in [3.63, 3.8) is 0 Å². The topological polar surface area (TPSA) is 183 Å². The molecule has 0 amide bonds. The molecule has 0 aliphatic carbocycles. The fourth-order valence-corrected chi connectivity index (χ4v) is 5.46. The molecule has 0 aliphatic rings. The summed E-state index contributed by atoms with van der Waals surface area (Å²) in [5.74, 6) is 2.07. The van der Waals surface area contributed by atoms with Crippen molar-refractivity contribution in [2.24, 2.45) is 0 Å². The minimum atomic E-state index is -3.26. The highest BCUT2D eigenvalue weighted by Crippen LogP contribution is 2.38. The second-order valence-corrected chi connectivity index (χ2v) is 11.5. The molecule has 2 atom stereocenters. The molecule has 254 valence electrons. The molecule has 0 heterocycles. The molecule has 18 heteroatoms. The van der Waals surface area contributed by atoms with Gasteiger partial charge in [0.15, 0.2) is 0 Å². The maximum Gasteiger partial charge on any atom is 0.322 e. The first-order valence-corrected chi connectivity index (χ1v) is 15.8. The van der Waals surface area contributed by atoms with Crippen molar-refractivity contribution in [2.45, 2.75) is 26.3 Å². The summed E-state index contributed by atoms with van der Waals surface area (Å²) in [6.45, 7) is 2.92. The summed E-state index contributed by atoms with van der Waals surface area (Å²) in [6.07, 6.45) is -2.09. The SMILES string of the molecule is COc1ccc(Oc2ccc([N+](=O)[O-])c(NC(C)O[PH](=O)OC(C)Nc3cc(Oc4ccc(OC)c(Cl)c4)ccc3[N+](=O)[O-])c2)cc1Cl. The quantitative estimate of drug-likeness (QED) is 0.0484. The predicted octanol–water partition coefficient (Wildman–Crippen LogP) is 9.05. The lowest BCUT2D eigenvalue weighted by Crippen LogP contribution is -2.20. The van der Waals surface area contributed by atoms with E-state index in [1.54, 1.807) is 24.3 Å². The van der Waals surface area contributed by atoms with Crippen LogP contribution in [-0.2, 0) is 13.6 Å². The van der Waals surface area contributed by atoms with Gasteiger partial charge in [-0.05, 0) is 50.2 Å². The molecular weight excluding hydrogens is 694 g/mol. The number of rotatable bonds is 16. The van der Waals surface area contributed by atoms with Crippen molar-refractivity contribution >= 4 is 54.2 Å². The van der Waals surface area contributed by atoms with Crippen LogP contribution in [0.1, 0.15) is 13.8 Å². The second-order valence-electron chi connectivity index (χ2n) is 9.73. The van der Waals surface area contributed by atoms with E-state index in [9.17, 15) is 24.8 Å². The number of halogens is 2. The Hall–Kier alpha value is -4.79. The first-order valence-electron chi connectivity index (χ1n) is 13.9. The Morgan fingerprint density at radius 3 is 1.33 bits per heavy atom. The average molecular weight is 723 g/mol. The zero-order chi connectivity index (χ0) is 35.0. The van der Waals surface area contributed by atoms with E-state index < -0.39 is 30.6 Å². The van der Waals surface area contributed by atoms with Gasteiger partial charge >= 0.3 is 8.25 Å². The normalized spacial score (nSPS) is 12.7. The summed E-state index contributed by atoms with van der Waals surface area (Å²) in [6, 6.07) is 17.5. The lowest BCUT2D eigenvalue weighted by atomic mass is 10.2. The number of nitrogens with zero attached hydrogens (tertiary/aromatic N) is 2. The van der Waals surface area contributed by atoms with Gasteiger partial charge in [-0.3, -0.25) is 33.8 Å². The van der Waals surface area contributed by atoms with Crippen LogP contribution in [0.5, 0.6) is 34.5 Å². The summed E-state index contributed by atoms with van der Waals surface area (Å²) in [5, 5.41) is 29.5. The Morgan fingerprint density at radius 2 is 1.00 bits per heavy atom. The lowest BCUT2D eigenvalue weighted by Gasteiger charge is -2.20. The lowest BCUT2D eigenvalue weighted by molar-refractivity contribution is -0.384. The van der Waals surface area contributed by atoms with Gasteiger partial charge in [0.1, 0.15) is 58.3 Å². The molecular formula is C30H29Cl2N4O11P. The van der Waals surface area contributed by atoms with Crippen LogP contribution in [-0.4, -0.2) is 36.5 Å². The summed E-state index contributed by atoms with van der Waals surface area (Å²) in [4.78, 5) is 22.1. The zero-order valence-electron chi connectivity index (χ0n) is 25.7. The van der Waals surface area contributed by atoms with E-state index in [0.29, 0.717) is 33.0 Å².